The summed E-state index contributed by atoms with van der Waals surface area (Å²) in [4.78, 5) is 2.23. The molecule has 2 atom stereocenters. The molecule has 26 heavy (non-hydrogen) atoms. The number of nitrogens with zero attached hydrogens (tertiary/aromatic N) is 1. The summed E-state index contributed by atoms with van der Waals surface area (Å²) < 4.78 is 11.0. The van der Waals surface area contributed by atoms with Gasteiger partial charge in [0.1, 0.15) is 5.75 Å². The first-order valence-electron chi connectivity index (χ1n) is 9.13. The van der Waals surface area contributed by atoms with Crippen LogP contribution >= 0.6 is 8.58 Å². The van der Waals surface area contributed by atoms with Crippen LogP contribution in [0.4, 0.5) is 0 Å². The maximum Gasteiger partial charge on any atom is 0.188 e. The highest BCUT2D eigenvalue weighted by molar-refractivity contribution is 7.48. The van der Waals surface area contributed by atoms with E-state index in [1.807, 2.05) is 0 Å². The van der Waals surface area contributed by atoms with E-state index >= 15 is 0 Å². The highest BCUT2D eigenvalue weighted by Crippen LogP contribution is 2.47. The Morgan fingerprint density at radius 1 is 1.12 bits per heavy atom. The minimum absolute atomic E-state index is 0.0253. The van der Waals surface area contributed by atoms with Crippen LogP contribution in [-0.4, -0.2) is 32.9 Å². The lowest BCUT2D eigenvalue weighted by atomic mass is 9.95. The predicted octanol–water partition coefficient (Wildman–Crippen LogP) is 4.67. The molecule has 0 radical (unpaired) electrons. The van der Waals surface area contributed by atoms with E-state index in [1.54, 1.807) is 7.11 Å². The number of hydrogen-bond donors (Lipinski definition) is 0. The van der Waals surface area contributed by atoms with E-state index in [-0.39, 0.29) is 11.9 Å². The fourth-order valence-electron chi connectivity index (χ4n) is 3.09. The Kier molecular flexibility index (Phi) is 7.64. The fraction of sp³-hybridized carbons (Fsp3) is 0.455. The predicted molar refractivity (Wildman–Crippen MR) is 113 cm³/mol. The van der Waals surface area contributed by atoms with E-state index < -0.39 is 0 Å². The van der Waals surface area contributed by atoms with Gasteiger partial charge in [-0.25, -0.2) is 0 Å². The molecule has 0 aromatic heterocycles. The Hall–Kier alpha value is -1.41. The second-order valence-electron chi connectivity index (χ2n) is 7.26. The quantitative estimate of drug-likeness (QED) is 0.471. The topological polar surface area (TPSA) is 21.7 Å². The average molecular weight is 373 g/mol. The van der Waals surface area contributed by atoms with Gasteiger partial charge in [-0.1, -0.05) is 64.4 Å². The normalized spacial score (nSPS) is 14.1. The molecule has 0 amide bonds. The SMILES string of the molecule is CCC(C)(Pc1ccccc1CN(C)C)c1cc(C)ccc1OCOC. The molecule has 0 heterocycles. The highest BCUT2D eigenvalue weighted by atomic mass is 31.1. The second kappa shape index (κ2) is 9.50. The van der Waals surface area contributed by atoms with Crippen molar-refractivity contribution in [3.05, 3.63) is 59.2 Å². The summed E-state index contributed by atoms with van der Waals surface area (Å²) >= 11 is 0. The summed E-state index contributed by atoms with van der Waals surface area (Å²) in [5, 5.41) is 1.46. The first-order chi connectivity index (χ1) is 12.4. The van der Waals surface area contributed by atoms with Gasteiger partial charge in [0, 0.05) is 24.4 Å². The highest BCUT2D eigenvalue weighted by Gasteiger charge is 2.29. The van der Waals surface area contributed by atoms with Gasteiger partial charge in [0.15, 0.2) is 6.79 Å². The zero-order valence-electron chi connectivity index (χ0n) is 16.9. The van der Waals surface area contributed by atoms with Crippen molar-refractivity contribution in [2.75, 3.05) is 28.0 Å². The minimum Gasteiger partial charge on any atom is -0.467 e. The van der Waals surface area contributed by atoms with E-state index in [1.165, 1.54) is 22.0 Å². The van der Waals surface area contributed by atoms with Crippen LogP contribution in [-0.2, 0) is 16.4 Å². The van der Waals surface area contributed by atoms with Crippen LogP contribution in [0, 0.1) is 6.92 Å². The van der Waals surface area contributed by atoms with Gasteiger partial charge >= 0.3 is 0 Å². The minimum atomic E-state index is 0.0253. The van der Waals surface area contributed by atoms with Crippen molar-refractivity contribution in [2.45, 2.75) is 38.9 Å². The third-order valence-corrected chi connectivity index (χ3v) is 6.62. The molecule has 2 rings (SSSR count). The maximum absolute atomic E-state index is 5.90. The monoisotopic (exact) mass is 373 g/mol. The molecule has 2 aromatic rings. The van der Waals surface area contributed by atoms with Gasteiger partial charge in [-0.15, -0.1) is 0 Å². The summed E-state index contributed by atoms with van der Waals surface area (Å²) in [5.74, 6) is 0.930. The van der Waals surface area contributed by atoms with Gasteiger partial charge in [0.2, 0.25) is 0 Å². The van der Waals surface area contributed by atoms with Gasteiger partial charge in [-0.2, -0.15) is 0 Å². The smallest absolute Gasteiger partial charge is 0.188 e. The largest absolute Gasteiger partial charge is 0.467 e. The van der Waals surface area contributed by atoms with Crippen LogP contribution in [0.2, 0.25) is 0 Å². The molecule has 0 bridgehead atoms. The van der Waals surface area contributed by atoms with Crippen molar-refractivity contribution in [1.82, 2.24) is 4.90 Å². The van der Waals surface area contributed by atoms with Gasteiger partial charge < -0.3 is 14.4 Å². The molecule has 0 saturated carbocycles. The van der Waals surface area contributed by atoms with Crippen LogP contribution in [0.3, 0.4) is 0 Å². The van der Waals surface area contributed by atoms with Crippen molar-refractivity contribution in [1.29, 1.82) is 0 Å². The lowest BCUT2D eigenvalue weighted by Crippen LogP contribution is -2.23. The lowest BCUT2D eigenvalue weighted by molar-refractivity contribution is 0.0500. The average Bonchev–Trinajstić information content (AvgIpc) is 2.61. The first kappa shape index (κ1) is 20.9. The van der Waals surface area contributed by atoms with E-state index in [4.69, 9.17) is 9.47 Å². The number of rotatable bonds is 9. The molecular formula is C22H32NO2P. The molecule has 4 heteroatoms. The molecular weight excluding hydrogens is 341 g/mol. The maximum atomic E-state index is 5.90. The molecule has 3 nitrogen and oxygen atoms in total. The Morgan fingerprint density at radius 2 is 1.85 bits per heavy atom. The van der Waals surface area contributed by atoms with Crippen LogP contribution in [0.1, 0.15) is 37.0 Å². The molecule has 142 valence electrons. The number of benzene rings is 2. The zero-order valence-corrected chi connectivity index (χ0v) is 17.9. The summed E-state index contributed by atoms with van der Waals surface area (Å²) in [7, 11) is 6.58. The third-order valence-electron chi connectivity index (χ3n) is 4.68. The Morgan fingerprint density at radius 3 is 2.50 bits per heavy atom. The van der Waals surface area contributed by atoms with Crippen LogP contribution in [0.25, 0.3) is 0 Å². The zero-order chi connectivity index (χ0) is 19.2. The molecule has 2 unspecified atom stereocenters. The third kappa shape index (κ3) is 5.30. The summed E-state index contributed by atoms with van der Waals surface area (Å²) in [6, 6.07) is 15.3. The molecule has 0 aliphatic heterocycles. The molecule has 0 fully saturated rings. The molecule has 0 saturated heterocycles. The number of hydrogen-bond acceptors (Lipinski definition) is 3. The van der Waals surface area contributed by atoms with Gasteiger partial charge in [-0.3, -0.25) is 0 Å². The van der Waals surface area contributed by atoms with Gasteiger partial charge in [0.05, 0.1) is 0 Å². The summed E-state index contributed by atoms with van der Waals surface area (Å²) in [6.07, 6.45) is 1.05. The van der Waals surface area contributed by atoms with Gasteiger partial charge in [-0.05, 0) is 44.4 Å². The van der Waals surface area contributed by atoms with Crippen molar-refractivity contribution in [2.24, 2.45) is 0 Å². The number of methoxy groups -OCH3 is 1. The number of aryl methyl sites for hydroxylation is 1. The van der Waals surface area contributed by atoms with Crippen LogP contribution in [0.5, 0.6) is 5.75 Å². The van der Waals surface area contributed by atoms with E-state index in [0.717, 1.165) is 18.7 Å². The molecule has 0 spiro atoms. The van der Waals surface area contributed by atoms with E-state index in [9.17, 15) is 0 Å². The van der Waals surface area contributed by atoms with Crippen molar-refractivity contribution < 1.29 is 9.47 Å². The van der Waals surface area contributed by atoms with E-state index in [2.05, 4.69) is 82.2 Å². The Labute approximate surface area is 160 Å². The Balaban J connectivity index is 2.42. The summed E-state index contributed by atoms with van der Waals surface area (Å²) in [6.45, 7) is 8.00. The van der Waals surface area contributed by atoms with Gasteiger partial charge in [0.25, 0.3) is 0 Å². The Bertz CT molecular complexity index is 717. The molecule has 0 aliphatic carbocycles. The summed E-state index contributed by atoms with van der Waals surface area (Å²) in [5.41, 5.74) is 3.94. The van der Waals surface area contributed by atoms with Crippen molar-refractivity contribution >= 4 is 13.9 Å². The lowest BCUT2D eigenvalue weighted by Gasteiger charge is -2.32. The molecule has 0 N–H and O–H groups in total. The van der Waals surface area contributed by atoms with E-state index in [0.29, 0.717) is 8.58 Å². The molecule has 0 aliphatic rings. The van der Waals surface area contributed by atoms with Crippen LogP contribution < -0.4 is 10.0 Å². The van der Waals surface area contributed by atoms with Crippen molar-refractivity contribution in [3.8, 4) is 5.75 Å². The molecule has 2 aromatic carbocycles. The number of ether oxygens (including phenoxy) is 2. The standard InChI is InChI=1S/C22H32NO2P/c1-7-22(3,19-14-17(2)12-13-20(19)25-16-24-6)26-21-11-9-8-10-18(21)15-23(4)5/h8-14,26H,7,15-16H2,1-6H3. The van der Waals surface area contributed by atoms with Crippen molar-refractivity contribution in [3.63, 3.8) is 0 Å². The fourth-order valence-corrected chi connectivity index (χ4v) is 4.69. The second-order valence-corrected chi connectivity index (χ2v) is 9.15. The van der Waals surface area contributed by atoms with Crippen LogP contribution in [0.15, 0.2) is 42.5 Å². The first-order valence-corrected chi connectivity index (χ1v) is 10.1.